The Bertz CT molecular complexity index is 608. The molecule has 4 nitrogen and oxygen atoms in total. The van der Waals surface area contributed by atoms with E-state index in [4.69, 9.17) is 17.3 Å². The van der Waals surface area contributed by atoms with Crippen LogP contribution in [0, 0.1) is 0 Å². The first kappa shape index (κ1) is 15.3. The molecule has 0 aliphatic heterocycles. The summed E-state index contributed by atoms with van der Waals surface area (Å²) in [5.41, 5.74) is 7.62. The van der Waals surface area contributed by atoms with Crippen LogP contribution in [0.4, 0.5) is 5.69 Å². The van der Waals surface area contributed by atoms with Crippen molar-refractivity contribution in [3.8, 4) is 0 Å². The molecule has 2 rings (SSSR count). The molecule has 2 N–H and O–H groups in total. The van der Waals surface area contributed by atoms with Crippen molar-refractivity contribution in [3.63, 3.8) is 0 Å². The molecule has 0 bridgehead atoms. The predicted molar refractivity (Wildman–Crippen MR) is 85.1 cm³/mol. The van der Waals surface area contributed by atoms with Crippen molar-refractivity contribution >= 4 is 23.2 Å². The van der Waals surface area contributed by atoms with Gasteiger partial charge in [-0.05, 0) is 37.6 Å². The van der Waals surface area contributed by atoms with Crippen LogP contribution in [0.1, 0.15) is 29.8 Å². The Kier molecular flexibility index (Phi) is 4.81. The predicted octanol–water partition coefficient (Wildman–Crippen LogP) is 3.37. The first-order valence-electron chi connectivity index (χ1n) is 6.74. The van der Waals surface area contributed by atoms with Gasteiger partial charge in [0, 0.05) is 30.7 Å². The van der Waals surface area contributed by atoms with E-state index in [1.165, 1.54) is 0 Å². The third-order valence-electron chi connectivity index (χ3n) is 3.22. The minimum absolute atomic E-state index is 0.0216. The minimum Gasteiger partial charge on any atom is -0.398 e. The largest absolute Gasteiger partial charge is 0.398 e. The Balaban J connectivity index is 2.32. The van der Waals surface area contributed by atoms with Crippen LogP contribution in [0.25, 0.3) is 0 Å². The molecule has 0 saturated carbocycles. The van der Waals surface area contributed by atoms with Gasteiger partial charge in [-0.15, -0.1) is 0 Å². The smallest absolute Gasteiger partial charge is 0.258 e. The summed E-state index contributed by atoms with van der Waals surface area (Å²) in [7, 11) is 0. The number of hydrogen-bond acceptors (Lipinski definition) is 3. The number of aromatic nitrogens is 1. The van der Waals surface area contributed by atoms with Crippen molar-refractivity contribution in [2.24, 2.45) is 0 Å². The highest BCUT2D eigenvalue weighted by Gasteiger charge is 2.23. The van der Waals surface area contributed by atoms with Gasteiger partial charge in [-0.25, -0.2) is 0 Å². The number of pyridine rings is 1. The molecule has 0 unspecified atom stereocenters. The fourth-order valence-electron chi connectivity index (χ4n) is 2.09. The molecule has 0 atom stereocenters. The number of nitrogens with two attached hydrogens (primary N) is 1. The molecule has 1 heterocycles. The monoisotopic (exact) mass is 303 g/mol. The third-order valence-corrected chi connectivity index (χ3v) is 3.53. The Hall–Kier alpha value is -2.07. The maximum atomic E-state index is 12.8. The van der Waals surface area contributed by atoms with E-state index in [1.807, 2.05) is 26.0 Å². The number of nitrogen functional groups attached to an aromatic ring is 1. The topological polar surface area (TPSA) is 59.2 Å². The highest BCUT2D eigenvalue weighted by atomic mass is 35.5. The van der Waals surface area contributed by atoms with Crippen LogP contribution in [0.3, 0.4) is 0 Å². The van der Waals surface area contributed by atoms with Gasteiger partial charge in [0.25, 0.3) is 5.91 Å². The molecule has 0 aliphatic carbocycles. The van der Waals surface area contributed by atoms with Crippen LogP contribution in [-0.4, -0.2) is 21.8 Å². The molecule has 110 valence electrons. The van der Waals surface area contributed by atoms with Crippen LogP contribution in [0.2, 0.25) is 5.02 Å². The van der Waals surface area contributed by atoms with Crippen LogP contribution < -0.4 is 5.73 Å². The zero-order chi connectivity index (χ0) is 15.4. The summed E-state index contributed by atoms with van der Waals surface area (Å²) in [6, 6.07) is 8.90. The van der Waals surface area contributed by atoms with E-state index < -0.39 is 0 Å². The number of amides is 1. The first-order valence-corrected chi connectivity index (χ1v) is 7.12. The maximum absolute atomic E-state index is 12.8. The van der Waals surface area contributed by atoms with Gasteiger partial charge in [-0.3, -0.25) is 9.78 Å². The van der Waals surface area contributed by atoms with Crippen molar-refractivity contribution in [2.75, 3.05) is 5.73 Å². The fourth-order valence-corrected chi connectivity index (χ4v) is 2.35. The number of carbonyl (C=O) groups is 1. The summed E-state index contributed by atoms with van der Waals surface area (Å²) >= 11 is 6.14. The molecule has 0 saturated heterocycles. The van der Waals surface area contributed by atoms with Crippen molar-refractivity contribution in [1.29, 1.82) is 0 Å². The van der Waals surface area contributed by atoms with Gasteiger partial charge in [0.05, 0.1) is 10.6 Å². The standard InChI is InChI=1S/C16H18ClN3O/c1-11(2)20(10-12-5-4-8-19-9-12)16(21)15-13(17)6-3-7-14(15)18/h3-9,11H,10,18H2,1-2H3. The Labute approximate surface area is 129 Å². The molecule has 21 heavy (non-hydrogen) atoms. The lowest BCUT2D eigenvalue weighted by atomic mass is 10.1. The lowest BCUT2D eigenvalue weighted by Crippen LogP contribution is -2.37. The van der Waals surface area contributed by atoms with Gasteiger partial charge in [-0.2, -0.15) is 0 Å². The molecule has 0 aliphatic rings. The van der Waals surface area contributed by atoms with E-state index in [0.29, 0.717) is 22.8 Å². The number of benzene rings is 1. The second kappa shape index (κ2) is 6.59. The van der Waals surface area contributed by atoms with E-state index in [-0.39, 0.29) is 11.9 Å². The Morgan fingerprint density at radius 3 is 2.67 bits per heavy atom. The quantitative estimate of drug-likeness (QED) is 0.881. The van der Waals surface area contributed by atoms with Gasteiger partial charge in [0.15, 0.2) is 0 Å². The van der Waals surface area contributed by atoms with Gasteiger partial charge >= 0.3 is 0 Å². The molecular formula is C16H18ClN3O. The number of nitrogens with zero attached hydrogens (tertiary/aromatic N) is 2. The lowest BCUT2D eigenvalue weighted by molar-refractivity contribution is 0.0691. The van der Waals surface area contributed by atoms with E-state index in [9.17, 15) is 4.79 Å². The fraction of sp³-hybridized carbons (Fsp3) is 0.250. The summed E-state index contributed by atoms with van der Waals surface area (Å²) in [5, 5.41) is 0.372. The maximum Gasteiger partial charge on any atom is 0.258 e. The molecule has 1 aromatic heterocycles. The van der Waals surface area contributed by atoms with Crippen molar-refractivity contribution in [1.82, 2.24) is 9.88 Å². The summed E-state index contributed by atoms with van der Waals surface area (Å²) in [5.74, 6) is -0.169. The Morgan fingerprint density at radius 1 is 1.33 bits per heavy atom. The molecule has 0 fully saturated rings. The van der Waals surface area contributed by atoms with Gasteiger partial charge in [0.1, 0.15) is 0 Å². The summed E-state index contributed by atoms with van der Waals surface area (Å²) in [6.45, 7) is 4.39. The zero-order valence-electron chi connectivity index (χ0n) is 12.1. The average molecular weight is 304 g/mol. The summed E-state index contributed by atoms with van der Waals surface area (Å²) in [6.07, 6.45) is 3.45. The highest BCUT2D eigenvalue weighted by molar-refractivity contribution is 6.34. The SMILES string of the molecule is CC(C)N(Cc1cccnc1)C(=O)c1c(N)cccc1Cl. The van der Waals surface area contributed by atoms with Crippen LogP contribution >= 0.6 is 11.6 Å². The van der Waals surface area contributed by atoms with Crippen molar-refractivity contribution in [2.45, 2.75) is 26.4 Å². The van der Waals surface area contributed by atoms with Gasteiger partial charge in [0.2, 0.25) is 0 Å². The molecular weight excluding hydrogens is 286 g/mol. The van der Waals surface area contributed by atoms with Crippen molar-refractivity contribution in [3.05, 3.63) is 58.9 Å². The number of hydrogen-bond donors (Lipinski definition) is 1. The van der Waals surface area contributed by atoms with E-state index in [2.05, 4.69) is 4.98 Å². The second-order valence-electron chi connectivity index (χ2n) is 5.09. The first-order chi connectivity index (χ1) is 10.0. The van der Waals surface area contributed by atoms with Gasteiger partial charge in [-0.1, -0.05) is 23.7 Å². The molecule has 5 heteroatoms. The molecule has 2 aromatic rings. The second-order valence-corrected chi connectivity index (χ2v) is 5.50. The highest BCUT2D eigenvalue weighted by Crippen LogP contribution is 2.25. The number of anilines is 1. The van der Waals surface area contributed by atoms with Crippen LogP contribution in [0.15, 0.2) is 42.7 Å². The number of carbonyl (C=O) groups excluding carboxylic acids is 1. The van der Waals surface area contributed by atoms with E-state index in [1.54, 1.807) is 35.5 Å². The van der Waals surface area contributed by atoms with Crippen LogP contribution in [-0.2, 0) is 6.54 Å². The zero-order valence-corrected chi connectivity index (χ0v) is 12.8. The molecule has 1 amide bonds. The summed E-state index contributed by atoms with van der Waals surface area (Å²) in [4.78, 5) is 18.6. The van der Waals surface area contributed by atoms with Crippen LogP contribution in [0.5, 0.6) is 0 Å². The minimum atomic E-state index is -0.169. The normalized spacial score (nSPS) is 10.7. The Morgan fingerprint density at radius 2 is 2.10 bits per heavy atom. The molecule has 1 aromatic carbocycles. The lowest BCUT2D eigenvalue weighted by Gasteiger charge is -2.27. The van der Waals surface area contributed by atoms with E-state index in [0.717, 1.165) is 5.56 Å². The van der Waals surface area contributed by atoms with E-state index >= 15 is 0 Å². The molecule has 0 radical (unpaired) electrons. The van der Waals surface area contributed by atoms with Gasteiger partial charge < -0.3 is 10.6 Å². The summed E-state index contributed by atoms with van der Waals surface area (Å²) < 4.78 is 0. The third kappa shape index (κ3) is 3.52. The number of halogens is 1. The van der Waals surface area contributed by atoms with Crippen molar-refractivity contribution < 1.29 is 4.79 Å². The average Bonchev–Trinajstić information content (AvgIpc) is 2.45. The molecule has 0 spiro atoms. The number of rotatable bonds is 4.